The molecule has 0 radical (unpaired) electrons. The Morgan fingerprint density at radius 3 is 2.55 bits per heavy atom. The molecule has 0 saturated carbocycles. The molecule has 0 unspecified atom stereocenters. The molecule has 1 saturated heterocycles. The van der Waals surface area contributed by atoms with Crippen LogP contribution in [0.3, 0.4) is 0 Å². The highest BCUT2D eigenvalue weighted by molar-refractivity contribution is 7.99. The van der Waals surface area contributed by atoms with Gasteiger partial charge in [0.15, 0.2) is 5.69 Å². The quantitative estimate of drug-likeness (QED) is 0.562. The second kappa shape index (κ2) is 9.21. The number of carbonyl (C=O) groups is 2. The Morgan fingerprint density at radius 1 is 1.16 bits per heavy atom. The van der Waals surface area contributed by atoms with Crippen LogP contribution in [-0.2, 0) is 11.3 Å². The van der Waals surface area contributed by atoms with E-state index in [0.717, 1.165) is 24.6 Å². The van der Waals surface area contributed by atoms with Crippen LogP contribution in [0.25, 0.3) is 5.69 Å². The van der Waals surface area contributed by atoms with E-state index in [0.29, 0.717) is 27.1 Å². The van der Waals surface area contributed by atoms with Crippen LogP contribution in [0.4, 0.5) is 11.4 Å². The Morgan fingerprint density at radius 2 is 1.87 bits per heavy atom. The number of anilines is 2. The second-order valence-electron chi connectivity index (χ2n) is 6.82. The van der Waals surface area contributed by atoms with E-state index >= 15 is 0 Å². The number of nitrogens with zero attached hydrogens (tertiary/aromatic N) is 5. The van der Waals surface area contributed by atoms with Crippen molar-refractivity contribution in [3.8, 4) is 5.69 Å². The Bertz CT molecular complexity index is 1100. The molecule has 0 aliphatic carbocycles. The summed E-state index contributed by atoms with van der Waals surface area (Å²) in [5.74, 6) is 1.21. The number of carbonyl (C=O) groups excluding carboxylic acids is 2. The fourth-order valence-electron chi connectivity index (χ4n) is 3.19. The van der Waals surface area contributed by atoms with Gasteiger partial charge in [-0.1, -0.05) is 29.3 Å². The molecule has 2 amide bonds. The van der Waals surface area contributed by atoms with E-state index in [4.69, 9.17) is 28.9 Å². The Hall–Kier alpha value is -2.69. The van der Waals surface area contributed by atoms with Crippen molar-refractivity contribution in [1.82, 2.24) is 24.5 Å². The number of nitrogens with one attached hydrogen (secondary N) is 1. The Balaban J connectivity index is 1.54. The third-order valence-electron chi connectivity index (χ3n) is 4.69. The standard InChI is InChI=1S/C19H19Cl2N7O2S/c20-13-2-1-3-14(21)18(13)28-10-15(17(25-28)19(22)30)24-12-8-23-27(9-12)11-16(29)26-4-6-31-7-5-26/h1-3,8-10,24H,4-7,11H2,(H2,22,30). The summed E-state index contributed by atoms with van der Waals surface area (Å²) in [6.45, 7) is 1.65. The lowest BCUT2D eigenvalue weighted by atomic mass is 10.3. The van der Waals surface area contributed by atoms with Crippen molar-refractivity contribution in [2.45, 2.75) is 6.54 Å². The van der Waals surface area contributed by atoms with Gasteiger partial charge in [0.2, 0.25) is 5.91 Å². The summed E-state index contributed by atoms with van der Waals surface area (Å²) in [5.41, 5.74) is 6.89. The molecule has 3 N–H and O–H groups in total. The number of nitrogens with two attached hydrogens (primary N) is 1. The van der Waals surface area contributed by atoms with Crippen molar-refractivity contribution in [2.24, 2.45) is 5.73 Å². The number of hydrogen-bond acceptors (Lipinski definition) is 6. The van der Waals surface area contributed by atoms with Crippen molar-refractivity contribution in [2.75, 3.05) is 29.9 Å². The molecule has 162 valence electrons. The molecule has 1 aliphatic heterocycles. The molecule has 1 fully saturated rings. The van der Waals surface area contributed by atoms with E-state index in [2.05, 4.69) is 15.5 Å². The maximum Gasteiger partial charge on any atom is 0.271 e. The molecule has 1 aromatic carbocycles. The highest BCUT2D eigenvalue weighted by Crippen LogP contribution is 2.30. The maximum atomic E-state index is 12.4. The molecule has 3 aromatic rings. The third-order valence-corrected chi connectivity index (χ3v) is 6.24. The number of benzene rings is 1. The molecule has 1 aliphatic rings. The van der Waals surface area contributed by atoms with Crippen LogP contribution >= 0.6 is 35.0 Å². The number of aromatic nitrogens is 4. The first-order valence-corrected chi connectivity index (χ1v) is 11.3. The zero-order valence-electron chi connectivity index (χ0n) is 16.3. The second-order valence-corrected chi connectivity index (χ2v) is 8.85. The van der Waals surface area contributed by atoms with E-state index in [9.17, 15) is 9.59 Å². The molecule has 12 heteroatoms. The summed E-state index contributed by atoms with van der Waals surface area (Å²) in [5, 5.41) is 12.3. The first-order valence-electron chi connectivity index (χ1n) is 9.41. The average molecular weight is 480 g/mol. The van der Waals surface area contributed by atoms with Gasteiger partial charge < -0.3 is 16.0 Å². The van der Waals surface area contributed by atoms with Gasteiger partial charge in [0, 0.05) is 30.8 Å². The van der Waals surface area contributed by atoms with Gasteiger partial charge in [-0.25, -0.2) is 4.68 Å². The first kappa shape index (κ1) is 21.5. The lowest BCUT2D eigenvalue weighted by Gasteiger charge is -2.26. The molecule has 0 bridgehead atoms. The van der Waals surface area contributed by atoms with Crippen LogP contribution in [0.15, 0.2) is 36.8 Å². The van der Waals surface area contributed by atoms with Gasteiger partial charge in [0.1, 0.15) is 12.2 Å². The highest BCUT2D eigenvalue weighted by atomic mass is 35.5. The first-order chi connectivity index (χ1) is 14.9. The molecular weight excluding hydrogens is 461 g/mol. The van der Waals surface area contributed by atoms with Gasteiger partial charge in [0.25, 0.3) is 5.91 Å². The summed E-state index contributed by atoms with van der Waals surface area (Å²) in [6, 6.07) is 5.05. The number of rotatable bonds is 6. The molecule has 31 heavy (non-hydrogen) atoms. The molecule has 0 spiro atoms. The lowest BCUT2D eigenvalue weighted by molar-refractivity contribution is -0.131. The van der Waals surface area contributed by atoms with Gasteiger partial charge in [0.05, 0.1) is 33.8 Å². The number of para-hydroxylation sites is 1. The lowest BCUT2D eigenvalue weighted by Crippen LogP contribution is -2.39. The van der Waals surface area contributed by atoms with Gasteiger partial charge >= 0.3 is 0 Å². The normalized spacial score (nSPS) is 13.9. The minimum absolute atomic E-state index is 0.0191. The number of amides is 2. The van der Waals surface area contributed by atoms with Gasteiger partial charge in [-0.15, -0.1) is 0 Å². The largest absolute Gasteiger partial charge is 0.364 e. The third kappa shape index (κ3) is 4.81. The topological polar surface area (TPSA) is 111 Å². The van der Waals surface area contributed by atoms with Crippen molar-refractivity contribution in [1.29, 1.82) is 0 Å². The van der Waals surface area contributed by atoms with E-state index in [1.807, 2.05) is 16.7 Å². The fourth-order valence-corrected chi connectivity index (χ4v) is 4.66. The number of primary amides is 1. The van der Waals surface area contributed by atoms with Crippen LogP contribution in [0.2, 0.25) is 10.0 Å². The summed E-state index contributed by atoms with van der Waals surface area (Å²) >= 11 is 14.3. The molecule has 2 aromatic heterocycles. The molecule has 4 rings (SSSR count). The summed E-state index contributed by atoms with van der Waals surface area (Å²) < 4.78 is 2.95. The summed E-state index contributed by atoms with van der Waals surface area (Å²) in [6.07, 6.45) is 4.81. The van der Waals surface area contributed by atoms with E-state index in [-0.39, 0.29) is 18.1 Å². The number of hydrogen-bond donors (Lipinski definition) is 2. The molecule has 3 heterocycles. The number of thioether (sulfide) groups is 1. The van der Waals surface area contributed by atoms with Crippen LogP contribution in [-0.4, -0.2) is 60.9 Å². The van der Waals surface area contributed by atoms with E-state index in [1.54, 1.807) is 41.5 Å². The Kier molecular flexibility index (Phi) is 6.40. The SMILES string of the molecule is NC(=O)c1nn(-c2c(Cl)cccc2Cl)cc1Nc1cnn(CC(=O)N2CCSCC2)c1. The summed E-state index contributed by atoms with van der Waals surface area (Å²) in [4.78, 5) is 26.2. The van der Waals surface area contributed by atoms with Crippen LogP contribution < -0.4 is 11.1 Å². The van der Waals surface area contributed by atoms with Crippen molar-refractivity contribution >= 4 is 58.2 Å². The predicted molar refractivity (Wildman–Crippen MR) is 122 cm³/mol. The van der Waals surface area contributed by atoms with Crippen LogP contribution in [0.5, 0.6) is 0 Å². The summed E-state index contributed by atoms with van der Waals surface area (Å²) in [7, 11) is 0. The molecule has 0 atom stereocenters. The highest BCUT2D eigenvalue weighted by Gasteiger charge is 2.20. The zero-order chi connectivity index (χ0) is 22.0. The smallest absolute Gasteiger partial charge is 0.271 e. The minimum atomic E-state index is -0.713. The van der Waals surface area contributed by atoms with E-state index in [1.165, 1.54) is 4.68 Å². The molecular formula is C19H19Cl2N7O2S. The fraction of sp³-hybridized carbons (Fsp3) is 0.263. The minimum Gasteiger partial charge on any atom is -0.364 e. The average Bonchev–Trinajstić information content (AvgIpc) is 3.36. The number of halogens is 2. The van der Waals surface area contributed by atoms with Gasteiger partial charge in [-0.2, -0.15) is 22.0 Å². The van der Waals surface area contributed by atoms with Gasteiger partial charge in [-0.05, 0) is 12.1 Å². The monoisotopic (exact) mass is 479 g/mol. The maximum absolute atomic E-state index is 12.4. The van der Waals surface area contributed by atoms with Crippen molar-refractivity contribution in [3.05, 3.63) is 52.5 Å². The molecule has 9 nitrogen and oxygen atoms in total. The van der Waals surface area contributed by atoms with Gasteiger partial charge in [-0.3, -0.25) is 14.3 Å². The predicted octanol–water partition coefficient (Wildman–Crippen LogP) is 2.79. The van der Waals surface area contributed by atoms with Crippen molar-refractivity contribution in [3.63, 3.8) is 0 Å². The Labute approximate surface area is 192 Å². The van der Waals surface area contributed by atoms with Crippen molar-refractivity contribution < 1.29 is 9.59 Å². The van der Waals surface area contributed by atoms with Crippen LogP contribution in [0.1, 0.15) is 10.5 Å². The van der Waals surface area contributed by atoms with E-state index < -0.39 is 5.91 Å². The van der Waals surface area contributed by atoms with Crippen LogP contribution in [0, 0.1) is 0 Å². The zero-order valence-corrected chi connectivity index (χ0v) is 18.6.